The van der Waals surface area contributed by atoms with Crippen molar-refractivity contribution in [2.45, 2.75) is 43.6 Å². The van der Waals surface area contributed by atoms with Crippen LogP contribution in [0.1, 0.15) is 30.4 Å². The van der Waals surface area contributed by atoms with Crippen molar-refractivity contribution in [3.8, 4) is 16.9 Å². The molecule has 0 unspecified atom stereocenters. The van der Waals surface area contributed by atoms with Crippen LogP contribution >= 0.6 is 0 Å². The maximum absolute atomic E-state index is 12.9. The molecule has 3 aromatic rings. The minimum absolute atomic E-state index is 0.0223. The van der Waals surface area contributed by atoms with Gasteiger partial charge in [-0.2, -0.15) is 0 Å². The second-order valence-corrected chi connectivity index (χ2v) is 11.0. The first-order valence-electron chi connectivity index (χ1n) is 12.5. The molecule has 1 aliphatic carbocycles. The Morgan fingerprint density at radius 1 is 0.825 bits per heavy atom. The molecule has 0 saturated heterocycles. The molecule has 1 fully saturated rings. The van der Waals surface area contributed by atoms with Gasteiger partial charge in [0.2, 0.25) is 21.8 Å². The van der Waals surface area contributed by atoms with E-state index in [1.807, 2.05) is 0 Å². The van der Waals surface area contributed by atoms with Crippen molar-refractivity contribution in [2.75, 3.05) is 0 Å². The highest BCUT2D eigenvalue weighted by Crippen LogP contribution is 2.32. The van der Waals surface area contributed by atoms with E-state index in [4.69, 9.17) is 5.14 Å². The molecule has 2 atom stereocenters. The van der Waals surface area contributed by atoms with Gasteiger partial charge < -0.3 is 15.4 Å². The highest BCUT2D eigenvalue weighted by atomic mass is 32.2. The normalized spacial score (nSPS) is 17.3. The Bertz CT molecular complexity index is 1460. The lowest BCUT2D eigenvalue weighted by atomic mass is 9.94. The number of carbonyl (C=O) groups is 2. The molecule has 0 spiro atoms. The predicted molar refractivity (Wildman–Crippen MR) is 141 cm³/mol. The van der Waals surface area contributed by atoms with E-state index in [1.54, 1.807) is 42.5 Å². The molecular formula is C28H28F3N3O5S. The van der Waals surface area contributed by atoms with E-state index in [2.05, 4.69) is 15.4 Å². The topological polar surface area (TPSA) is 128 Å². The molecule has 1 saturated carbocycles. The van der Waals surface area contributed by atoms with Crippen LogP contribution in [-0.2, 0) is 32.7 Å². The molecule has 4 N–H and O–H groups in total. The highest BCUT2D eigenvalue weighted by molar-refractivity contribution is 7.89. The summed E-state index contributed by atoms with van der Waals surface area (Å²) >= 11 is 0. The van der Waals surface area contributed by atoms with E-state index in [0.717, 1.165) is 12.0 Å². The summed E-state index contributed by atoms with van der Waals surface area (Å²) in [7, 11) is -3.90. The molecule has 4 rings (SSSR count). The molecule has 0 heterocycles. The average Bonchev–Trinajstić information content (AvgIpc) is 3.41. The fourth-order valence-electron chi connectivity index (χ4n) is 4.79. The summed E-state index contributed by atoms with van der Waals surface area (Å²) in [6.07, 6.45) is -2.94. The molecule has 0 bridgehead atoms. The maximum atomic E-state index is 12.9. The quantitative estimate of drug-likeness (QED) is 0.352. The van der Waals surface area contributed by atoms with Gasteiger partial charge in [-0.3, -0.25) is 9.59 Å². The van der Waals surface area contributed by atoms with Crippen molar-refractivity contribution in [3.05, 3.63) is 83.9 Å². The van der Waals surface area contributed by atoms with Crippen molar-refractivity contribution in [1.82, 2.24) is 10.6 Å². The summed E-state index contributed by atoms with van der Waals surface area (Å²) in [4.78, 5) is 25.8. The Balaban J connectivity index is 1.30. The van der Waals surface area contributed by atoms with Crippen LogP contribution in [0.2, 0.25) is 0 Å². The molecule has 40 heavy (non-hydrogen) atoms. The van der Waals surface area contributed by atoms with Gasteiger partial charge in [-0.25, -0.2) is 13.6 Å². The number of rotatable bonds is 9. The molecule has 0 radical (unpaired) electrons. The Kier molecular flexibility index (Phi) is 8.79. The van der Waals surface area contributed by atoms with Gasteiger partial charge in [-0.1, -0.05) is 61.0 Å². The third-order valence-electron chi connectivity index (χ3n) is 6.74. The van der Waals surface area contributed by atoms with Crippen molar-refractivity contribution in [1.29, 1.82) is 0 Å². The van der Waals surface area contributed by atoms with Crippen LogP contribution in [0.3, 0.4) is 0 Å². The molecule has 1 aliphatic rings. The van der Waals surface area contributed by atoms with Crippen LogP contribution in [0.25, 0.3) is 11.1 Å². The van der Waals surface area contributed by atoms with Gasteiger partial charge in [-0.15, -0.1) is 13.2 Å². The largest absolute Gasteiger partial charge is 0.573 e. The van der Waals surface area contributed by atoms with E-state index < -0.39 is 28.2 Å². The second kappa shape index (κ2) is 12.1. The standard InChI is InChI=1S/C28H28F3N3O5S/c29-28(30,31)39-21-14-10-19(11-15-21)17-34-27(36)24-6-3-5-23(24)26(35)33-16-18-8-12-20(13-9-18)22-4-1-2-7-25(22)40(32,37)38/h1-2,4,7-15,23-24H,3,5-6,16-17H2,(H,33,35)(H,34,36)(H2,32,37,38)/t23-,24-/m0/s1. The number of primary sulfonamides is 1. The van der Waals surface area contributed by atoms with Crippen molar-refractivity contribution in [3.63, 3.8) is 0 Å². The van der Waals surface area contributed by atoms with Crippen LogP contribution in [-0.4, -0.2) is 26.6 Å². The van der Waals surface area contributed by atoms with Gasteiger partial charge in [0.15, 0.2) is 0 Å². The number of ether oxygens (including phenoxy) is 1. The van der Waals surface area contributed by atoms with Crippen molar-refractivity contribution >= 4 is 21.8 Å². The molecule has 12 heteroatoms. The molecule has 212 valence electrons. The van der Waals surface area contributed by atoms with Crippen LogP contribution in [0.4, 0.5) is 13.2 Å². The third kappa shape index (κ3) is 7.60. The number of halogens is 3. The first-order valence-corrected chi connectivity index (χ1v) is 14.1. The predicted octanol–water partition coefficient (Wildman–Crippen LogP) is 4.25. The average molecular weight is 576 g/mol. The van der Waals surface area contributed by atoms with Gasteiger partial charge in [0.1, 0.15) is 5.75 Å². The Morgan fingerprint density at radius 2 is 1.32 bits per heavy atom. The molecule has 0 aromatic heterocycles. The number of alkyl halides is 3. The van der Waals surface area contributed by atoms with E-state index in [9.17, 15) is 31.2 Å². The smallest absolute Gasteiger partial charge is 0.406 e. The Labute approximate surface area is 229 Å². The molecule has 8 nitrogen and oxygen atoms in total. The van der Waals surface area contributed by atoms with Crippen LogP contribution in [0.5, 0.6) is 5.75 Å². The van der Waals surface area contributed by atoms with Gasteiger partial charge in [0, 0.05) is 30.5 Å². The van der Waals surface area contributed by atoms with Gasteiger partial charge in [-0.05, 0) is 47.7 Å². The van der Waals surface area contributed by atoms with E-state index in [0.29, 0.717) is 29.5 Å². The zero-order valence-electron chi connectivity index (χ0n) is 21.3. The number of sulfonamides is 1. The first kappa shape index (κ1) is 29.1. The molecule has 3 aromatic carbocycles. The Hall–Kier alpha value is -3.90. The summed E-state index contributed by atoms with van der Waals surface area (Å²) in [6.45, 7) is 0.337. The summed E-state index contributed by atoms with van der Waals surface area (Å²) in [6, 6.07) is 18.7. The number of carbonyl (C=O) groups excluding carboxylic acids is 2. The summed E-state index contributed by atoms with van der Waals surface area (Å²) in [5, 5.41) is 11.0. The lowest BCUT2D eigenvalue weighted by molar-refractivity contribution is -0.274. The zero-order valence-corrected chi connectivity index (χ0v) is 22.1. The van der Waals surface area contributed by atoms with Crippen molar-refractivity contribution < 1.29 is 35.9 Å². The number of benzene rings is 3. The first-order chi connectivity index (χ1) is 18.9. The third-order valence-corrected chi connectivity index (χ3v) is 7.71. The number of nitrogens with one attached hydrogen (secondary N) is 2. The fourth-order valence-corrected chi connectivity index (χ4v) is 5.55. The molecule has 2 amide bonds. The molecule has 0 aliphatic heterocycles. The number of hydrogen-bond acceptors (Lipinski definition) is 5. The second-order valence-electron chi connectivity index (χ2n) is 9.51. The molecular weight excluding hydrogens is 547 g/mol. The van der Waals surface area contributed by atoms with E-state index >= 15 is 0 Å². The SMILES string of the molecule is NS(=O)(=O)c1ccccc1-c1ccc(CNC(=O)[C@H]2CCC[C@@H]2C(=O)NCc2ccc(OC(F)(F)F)cc2)cc1. The van der Waals surface area contributed by atoms with Crippen LogP contribution < -0.4 is 20.5 Å². The van der Waals surface area contributed by atoms with Crippen molar-refractivity contribution in [2.24, 2.45) is 17.0 Å². The lowest BCUT2D eigenvalue weighted by Gasteiger charge is -2.19. The number of amides is 2. The summed E-state index contributed by atoms with van der Waals surface area (Å²) < 4.78 is 64.6. The fraction of sp³-hybridized carbons (Fsp3) is 0.286. The van der Waals surface area contributed by atoms with E-state index in [1.165, 1.54) is 30.3 Å². The minimum Gasteiger partial charge on any atom is -0.406 e. The summed E-state index contributed by atoms with van der Waals surface area (Å²) in [5.74, 6) is -1.88. The number of nitrogens with two attached hydrogens (primary N) is 1. The van der Waals surface area contributed by atoms with Gasteiger partial charge in [0.05, 0.1) is 4.90 Å². The monoisotopic (exact) mass is 575 g/mol. The van der Waals surface area contributed by atoms with Crippen LogP contribution in [0.15, 0.2) is 77.7 Å². The highest BCUT2D eigenvalue weighted by Gasteiger charge is 2.37. The van der Waals surface area contributed by atoms with E-state index in [-0.39, 0.29) is 35.5 Å². The maximum Gasteiger partial charge on any atom is 0.573 e. The minimum atomic E-state index is -4.78. The Morgan fingerprint density at radius 3 is 1.82 bits per heavy atom. The number of hydrogen-bond donors (Lipinski definition) is 3. The summed E-state index contributed by atoms with van der Waals surface area (Å²) in [5.41, 5.74) is 2.53. The van der Waals surface area contributed by atoms with Crippen LogP contribution in [0, 0.1) is 11.8 Å². The van der Waals surface area contributed by atoms with Gasteiger partial charge in [0.25, 0.3) is 0 Å². The lowest BCUT2D eigenvalue weighted by Crippen LogP contribution is -2.39. The zero-order chi connectivity index (χ0) is 28.9. The van der Waals surface area contributed by atoms with Gasteiger partial charge >= 0.3 is 6.36 Å².